The van der Waals surface area contributed by atoms with Gasteiger partial charge in [-0.15, -0.1) is 0 Å². The van der Waals surface area contributed by atoms with E-state index in [1.165, 1.54) is 18.9 Å². The molecule has 0 aliphatic carbocycles. The predicted octanol–water partition coefficient (Wildman–Crippen LogP) is 0.125. The Kier molecular flexibility index (Phi) is 21.1. The molecule has 1 saturated heterocycles. The van der Waals surface area contributed by atoms with Crippen molar-refractivity contribution in [1.29, 1.82) is 0 Å². The number of Topliss-reactive ketones (excluding diaryl/α,β-unsaturated/α-hetero) is 1. The van der Waals surface area contributed by atoms with Crippen molar-refractivity contribution in [1.82, 2.24) is 47.1 Å². The second kappa shape index (κ2) is 25.8. The number of likely N-dealkylation sites (N-methyl/N-ethyl adjacent to an activating group) is 1. The Labute approximate surface area is 379 Å². The molecule has 358 valence electrons. The van der Waals surface area contributed by atoms with Crippen LogP contribution in [0, 0.1) is 11.8 Å². The SMILES string of the molecule is CCCC[C@H](NC(=O)[C@H](CCC(=O)C(=O)NC)NC(=O)CNC(C)=O)C(=O)N[C@H](C(=O)N[C@@H](CC(C)C)C(=O)N1CCC[C@H]1C(=O)N[C@@H](Cc1c[nH]c2ccccc12)C(N)=O)C(C)CC. The fourth-order valence-corrected chi connectivity index (χ4v) is 7.62. The van der Waals surface area contributed by atoms with Crippen molar-refractivity contribution in [3.63, 3.8) is 0 Å². The van der Waals surface area contributed by atoms with Gasteiger partial charge in [-0.1, -0.05) is 72.1 Å². The number of hydrogen-bond donors (Lipinski definition) is 9. The zero-order valence-corrected chi connectivity index (χ0v) is 38.6. The summed E-state index contributed by atoms with van der Waals surface area (Å²) in [6.07, 6.45) is 3.86. The Morgan fingerprint density at radius 1 is 0.831 bits per heavy atom. The van der Waals surface area contributed by atoms with Crippen molar-refractivity contribution < 1.29 is 47.9 Å². The molecule has 1 aromatic carbocycles. The van der Waals surface area contributed by atoms with Gasteiger partial charge in [-0.05, 0) is 55.6 Å². The predicted molar refractivity (Wildman–Crippen MR) is 241 cm³/mol. The highest BCUT2D eigenvalue weighted by atomic mass is 16.2. The van der Waals surface area contributed by atoms with Gasteiger partial charge in [-0.2, -0.15) is 0 Å². The summed E-state index contributed by atoms with van der Waals surface area (Å²) >= 11 is 0. The van der Waals surface area contributed by atoms with Crippen LogP contribution in [0.5, 0.6) is 0 Å². The van der Waals surface area contributed by atoms with Gasteiger partial charge in [0.1, 0.15) is 36.3 Å². The molecule has 0 spiro atoms. The van der Waals surface area contributed by atoms with Gasteiger partial charge < -0.3 is 52.8 Å². The number of rotatable bonds is 26. The molecule has 9 amide bonds. The zero-order valence-electron chi connectivity index (χ0n) is 38.6. The maximum absolute atomic E-state index is 14.4. The number of carbonyl (C=O) groups is 10. The number of para-hydroxylation sites is 1. The fraction of sp³-hybridized carbons (Fsp3) is 0.600. The van der Waals surface area contributed by atoms with Crippen LogP contribution in [0.25, 0.3) is 10.9 Å². The van der Waals surface area contributed by atoms with Crippen LogP contribution < -0.4 is 43.0 Å². The minimum absolute atomic E-state index is 0.0850. The second-order valence-electron chi connectivity index (χ2n) is 17.1. The third-order valence-electron chi connectivity index (χ3n) is 11.5. The average molecular weight is 909 g/mol. The minimum Gasteiger partial charge on any atom is -0.368 e. The van der Waals surface area contributed by atoms with Gasteiger partial charge in [0.15, 0.2) is 0 Å². The van der Waals surface area contributed by atoms with Crippen molar-refractivity contribution >= 4 is 69.9 Å². The van der Waals surface area contributed by atoms with Crippen molar-refractivity contribution in [2.45, 2.75) is 142 Å². The number of unbranched alkanes of at least 4 members (excludes halogenated alkanes) is 1. The number of primary amides is 1. The van der Waals surface area contributed by atoms with E-state index in [4.69, 9.17) is 5.73 Å². The number of nitrogens with zero attached hydrogens (tertiary/aromatic N) is 1. The molecular weight excluding hydrogens is 841 g/mol. The number of carbonyl (C=O) groups excluding carboxylic acids is 10. The molecule has 20 heteroatoms. The average Bonchev–Trinajstić information content (AvgIpc) is 3.93. The number of nitrogens with one attached hydrogen (secondary N) is 8. The summed E-state index contributed by atoms with van der Waals surface area (Å²) in [4.78, 5) is 136. The lowest BCUT2D eigenvalue weighted by molar-refractivity contribution is -0.143. The highest BCUT2D eigenvalue weighted by Crippen LogP contribution is 2.23. The van der Waals surface area contributed by atoms with Crippen molar-refractivity contribution in [3.05, 3.63) is 36.0 Å². The molecule has 7 atom stereocenters. The summed E-state index contributed by atoms with van der Waals surface area (Å²) in [6, 6.07) is 0.675. The number of likely N-dealkylation sites (tertiary alicyclic amines) is 1. The van der Waals surface area contributed by atoms with E-state index in [-0.39, 0.29) is 38.1 Å². The molecule has 1 unspecified atom stereocenters. The maximum Gasteiger partial charge on any atom is 0.287 e. The largest absolute Gasteiger partial charge is 0.368 e. The Bertz CT molecular complexity index is 2040. The van der Waals surface area contributed by atoms with Crippen LogP contribution in [0.2, 0.25) is 0 Å². The Hall–Kier alpha value is -6.34. The van der Waals surface area contributed by atoms with E-state index in [1.54, 1.807) is 13.1 Å². The van der Waals surface area contributed by atoms with E-state index in [9.17, 15) is 47.9 Å². The van der Waals surface area contributed by atoms with Gasteiger partial charge in [-0.25, -0.2) is 0 Å². The monoisotopic (exact) mass is 909 g/mol. The van der Waals surface area contributed by atoms with Crippen molar-refractivity contribution in [3.8, 4) is 0 Å². The molecule has 3 rings (SSSR count). The molecule has 1 aliphatic rings. The lowest BCUT2D eigenvalue weighted by atomic mass is 9.95. The first-order valence-corrected chi connectivity index (χ1v) is 22.5. The van der Waals surface area contributed by atoms with Crippen molar-refractivity contribution in [2.75, 3.05) is 20.1 Å². The molecule has 2 aromatic rings. The number of benzene rings is 1. The topological polar surface area (TPSA) is 300 Å². The summed E-state index contributed by atoms with van der Waals surface area (Å²) < 4.78 is 0. The summed E-state index contributed by atoms with van der Waals surface area (Å²) in [5.41, 5.74) is 7.40. The maximum atomic E-state index is 14.4. The summed E-state index contributed by atoms with van der Waals surface area (Å²) in [7, 11) is 1.27. The molecule has 10 N–H and O–H groups in total. The van der Waals surface area contributed by atoms with Gasteiger partial charge in [0, 0.05) is 50.5 Å². The number of ketones is 1. The van der Waals surface area contributed by atoms with Gasteiger partial charge in [0.2, 0.25) is 53.0 Å². The minimum atomic E-state index is -1.38. The van der Waals surface area contributed by atoms with E-state index >= 15 is 0 Å². The first-order chi connectivity index (χ1) is 30.8. The van der Waals surface area contributed by atoms with Crippen LogP contribution in [0.1, 0.15) is 105 Å². The molecule has 0 saturated carbocycles. The van der Waals surface area contributed by atoms with Gasteiger partial charge in [0.25, 0.3) is 5.91 Å². The number of amides is 9. The smallest absolute Gasteiger partial charge is 0.287 e. The summed E-state index contributed by atoms with van der Waals surface area (Å²) in [6.45, 7) is 10.2. The lowest BCUT2D eigenvalue weighted by Crippen LogP contribution is -2.61. The van der Waals surface area contributed by atoms with Crippen LogP contribution in [-0.2, 0) is 54.4 Å². The lowest BCUT2D eigenvalue weighted by Gasteiger charge is -2.32. The van der Waals surface area contributed by atoms with Crippen LogP contribution in [0.15, 0.2) is 30.5 Å². The van der Waals surface area contributed by atoms with E-state index in [0.29, 0.717) is 32.1 Å². The normalized spacial score (nSPS) is 16.2. The number of aromatic nitrogens is 1. The third-order valence-corrected chi connectivity index (χ3v) is 11.5. The molecule has 2 heterocycles. The molecule has 0 bridgehead atoms. The van der Waals surface area contributed by atoms with E-state index in [0.717, 1.165) is 16.5 Å². The molecule has 1 aliphatic heterocycles. The van der Waals surface area contributed by atoms with Crippen LogP contribution >= 0.6 is 0 Å². The van der Waals surface area contributed by atoms with E-state index in [2.05, 4.69) is 42.2 Å². The third kappa shape index (κ3) is 16.0. The number of nitrogens with two attached hydrogens (primary N) is 1. The van der Waals surface area contributed by atoms with E-state index < -0.39 is 114 Å². The second-order valence-corrected chi connectivity index (χ2v) is 17.1. The Balaban J connectivity index is 1.80. The van der Waals surface area contributed by atoms with Gasteiger partial charge in [-0.3, -0.25) is 47.9 Å². The number of H-pyrrole nitrogens is 1. The summed E-state index contributed by atoms with van der Waals surface area (Å²) in [5.74, 6) is -7.51. The molecular formula is C45H68N10O10. The molecule has 0 radical (unpaired) electrons. The first kappa shape index (κ1) is 53.0. The van der Waals surface area contributed by atoms with Crippen LogP contribution in [-0.4, -0.2) is 125 Å². The standard InChI is InChI=1S/C45H68N10O10/c1-8-10-15-31(51-40(60)32(18-19-36(57)43(63)47-7)50-37(58)24-48-27(6)56)41(61)54-38(26(5)9-2)44(64)53-34(21-25(3)4)45(65)55-20-13-17-35(55)42(62)52-33(39(46)59)22-28-23-49-30-16-12-11-14-29(28)30/h11-12,14,16,23,25-26,31-35,38,49H,8-10,13,15,17-22,24H2,1-7H3,(H2,46,59)(H,47,63)(H,48,56)(H,50,58)(H,51,60)(H,52,62)(H,53,64)(H,54,61)/t26?,31-,32-,33-,34-,35-,38-/m0/s1. The van der Waals surface area contributed by atoms with Gasteiger partial charge >= 0.3 is 0 Å². The van der Waals surface area contributed by atoms with Crippen LogP contribution in [0.3, 0.4) is 0 Å². The van der Waals surface area contributed by atoms with Crippen LogP contribution in [0.4, 0.5) is 0 Å². The highest BCUT2D eigenvalue weighted by Gasteiger charge is 2.40. The number of fused-ring (bicyclic) bond motifs is 1. The zero-order chi connectivity index (χ0) is 48.4. The molecule has 1 fully saturated rings. The molecule has 20 nitrogen and oxygen atoms in total. The summed E-state index contributed by atoms with van der Waals surface area (Å²) in [5, 5.41) is 18.9. The first-order valence-electron chi connectivity index (χ1n) is 22.5. The quantitative estimate of drug-likeness (QED) is 0.0575. The Morgan fingerprint density at radius 2 is 1.49 bits per heavy atom. The molecule has 1 aromatic heterocycles. The molecule has 65 heavy (non-hydrogen) atoms. The fourth-order valence-electron chi connectivity index (χ4n) is 7.62. The van der Waals surface area contributed by atoms with Gasteiger partial charge in [0.05, 0.1) is 6.54 Å². The number of aromatic amines is 1. The van der Waals surface area contributed by atoms with E-state index in [1.807, 2.05) is 52.0 Å². The number of hydrogen-bond acceptors (Lipinski definition) is 10. The van der Waals surface area contributed by atoms with Crippen molar-refractivity contribution in [2.24, 2.45) is 17.6 Å². The Morgan fingerprint density at radius 3 is 2.12 bits per heavy atom. The highest BCUT2D eigenvalue weighted by molar-refractivity contribution is 6.36.